The van der Waals surface area contributed by atoms with Gasteiger partial charge in [-0.25, -0.2) is 5.84 Å². The van der Waals surface area contributed by atoms with Gasteiger partial charge in [0.2, 0.25) is 5.91 Å². The Morgan fingerprint density at radius 1 is 1.48 bits per heavy atom. The SMILES string of the molecule is CCC(C)c1ccc(OCC(=O)N2CCCC(C(=O)NN)C2)c(Br)c1. The summed E-state index contributed by atoms with van der Waals surface area (Å²) < 4.78 is 6.52. The zero-order valence-corrected chi connectivity index (χ0v) is 16.3. The van der Waals surface area contributed by atoms with Crippen LogP contribution in [-0.4, -0.2) is 36.4 Å². The molecule has 25 heavy (non-hydrogen) atoms. The molecule has 1 heterocycles. The fourth-order valence-electron chi connectivity index (χ4n) is 2.94. The molecule has 1 saturated heterocycles. The summed E-state index contributed by atoms with van der Waals surface area (Å²) in [5.74, 6) is 5.73. The Morgan fingerprint density at radius 2 is 2.24 bits per heavy atom. The van der Waals surface area contributed by atoms with Crippen LogP contribution < -0.4 is 16.0 Å². The number of carbonyl (C=O) groups excluding carboxylic acids is 2. The molecular formula is C18H26BrN3O3. The van der Waals surface area contributed by atoms with E-state index in [1.807, 2.05) is 18.2 Å². The van der Waals surface area contributed by atoms with Gasteiger partial charge in [0.15, 0.2) is 6.61 Å². The molecule has 2 unspecified atom stereocenters. The number of nitrogens with two attached hydrogens (primary N) is 1. The molecule has 1 aliphatic rings. The fourth-order valence-corrected chi connectivity index (χ4v) is 3.45. The smallest absolute Gasteiger partial charge is 0.260 e. The molecule has 138 valence electrons. The number of piperidine rings is 1. The number of nitrogens with zero attached hydrogens (tertiary/aromatic N) is 1. The van der Waals surface area contributed by atoms with Crippen LogP contribution in [0.4, 0.5) is 0 Å². The van der Waals surface area contributed by atoms with E-state index in [4.69, 9.17) is 10.6 Å². The molecule has 2 atom stereocenters. The highest BCUT2D eigenvalue weighted by atomic mass is 79.9. The number of likely N-dealkylation sites (tertiary alicyclic amines) is 1. The third kappa shape index (κ3) is 5.19. The lowest BCUT2D eigenvalue weighted by Crippen LogP contribution is -2.48. The van der Waals surface area contributed by atoms with Crippen molar-refractivity contribution < 1.29 is 14.3 Å². The summed E-state index contributed by atoms with van der Waals surface area (Å²) in [4.78, 5) is 25.7. The maximum absolute atomic E-state index is 12.4. The van der Waals surface area contributed by atoms with Crippen LogP contribution in [0.2, 0.25) is 0 Å². The maximum atomic E-state index is 12.4. The summed E-state index contributed by atoms with van der Waals surface area (Å²) in [6.45, 7) is 5.32. The Bertz CT molecular complexity index is 624. The molecule has 0 radical (unpaired) electrons. The van der Waals surface area contributed by atoms with Gasteiger partial charge < -0.3 is 9.64 Å². The summed E-state index contributed by atoms with van der Waals surface area (Å²) in [7, 11) is 0. The zero-order chi connectivity index (χ0) is 18.4. The van der Waals surface area contributed by atoms with Crippen LogP contribution in [0.15, 0.2) is 22.7 Å². The molecule has 0 bridgehead atoms. The molecule has 0 aliphatic carbocycles. The Kier molecular flexibility index (Phi) is 7.25. The second-order valence-corrected chi connectivity index (χ2v) is 7.33. The van der Waals surface area contributed by atoms with Crippen LogP contribution in [-0.2, 0) is 9.59 Å². The molecule has 7 heteroatoms. The van der Waals surface area contributed by atoms with Gasteiger partial charge in [0, 0.05) is 13.1 Å². The van der Waals surface area contributed by atoms with E-state index in [0.717, 1.165) is 23.7 Å². The minimum atomic E-state index is -0.246. The van der Waals surface area contributed by atoms with Gasteiger partial charge in [-0.1, -0.05) is 19.9 Å². The number of hydrazine groups is 1. The molecule has 1 aromatic rings. The number of rotatable bonds is 6. The van der Waals surface area contributed by atoms with E-state index in [1.165, 1.54) is 5.56 Å². The Balaban J connectivity index is 1.92. The first kappa shape index (κ1) is 19.7. The molecule has 1 fully saturated rings. The molecule has 1 aliphatic heterocycles. The molecular weight excluding hydrogens is 386 g/mol. The van der Waals surface area contributed by atoms with Crippen molar-refractivity contribution in [2.24, 2.45) is 11.8 Å². The van der Waals surface area contributed by atoms with Crippen LogP contribution in [0.25, 0.3) is 0 Å². The van der Waals surface area contributed by atoms with Crippen LogP contribution in [0, 0.1) is 5.92 Å². The third-order valence-corrected chi connectivity index (χ3v) is 5.40. The van der Waals surface area contributed by atoms with Crippen LogP contribution >= 0.6 is 15.9 Å². The Labute approximate surface area is 157 Å². The topological polar surface area (TPSA) is 84.7 Å². The number of carbonyl (C=O) groups is 2. The van der Waals surface area contributed by atoms with E-state index in [0.29, 0.717) is 24.8 Å². The van der Waals surface area contributed by atoms with Crippen molar-refractivity contribution in [3.63, 3.8) is 0 Å². The van der Waals surface area contributed by atoms with Crippen molar-refractivity contribution in [3.8, 4) is 5.75 Å². The quantitative estimate of drug-likeness (QED) is 0.427. The number of nitrogens with one attached hydrogen (secondary N) is 1. The summed E-state index contributed by atoms with van der Waals surface area (Å²) in [5, 5.41) is 0. The summed E-state index contributed by atoms with van der Waals surface area (Å²) in [5.41, 5.74) is 3.40. The largest absolute Gasteiger partial charge is 0.483 e. The van der Waals surface area contributed by atoms with Gasteiger partial charge in [0.1, 0.15) is 5.75 Å². The van der Waals surface area contributed by atoms with E-state index in [2.05, 4.69) is 35.2 Å². The van der Waals surface area contributed by atoms with Gasteiger partial charge in [-0.15, -0.1) is 0 Å². The number of benzene rings is 1. The van der Waals surface area contributed by atoms with Crippen molar-refractivity contribution in [1.82, 2.24) is 10.3 Å². The van der Waals surface area contributed by atoms with Crippen molar-refractivity contribution in [3.05, 3.63) is 28.2 Å². The van der Waals surface area contributed by atoms with E-state index in [-0.39, 0.29) is 24.3 Å². The fraction of sp³-hybridized carbons (Fsp3) is 0.556. The van der Waals surface area contributed by atoms with E-state index in [1.54, 1.807) is 4.90 Å². The summed E-state index contributed by atoms with van der Waals surface area (Å²) in [6, 6.07) is 5.96. The maximum Gasteiger partial charge on any atom is 0.260 e. The average Bonchev–Trinajstić information content (AvgIpc) is 2.65. The predicted molar refractivity (Wildman–Crippen MR) is 100.0 cm³/mol. The first-order valence-corrected chi connectivity index (χ1v) is 9.46. The lowest BCUT2D eigenvalue weighted by molar-refractivity contribution is -0.137. The summed E-state index contributed by atoms with van der Waals surface area (Å²) in [6.07, 6.45) is 2.60. The number of amides is 2. The third-order valence-electron chi connectivity index (χ3n) is 4.78. The molecule has 2 rings (SSSR count). The van der Waals surface area contributed by atoms with Gasteiger partial charge in [-0.2, -0.15) is 0 Å². The molecule has 0 aromatic heterocycles. The number of hydrogen-bond acceptors (Lipinski definition) is 4. The second-order valence-electron chi connectivity index (χ2n) is 6.48. The van der Waals surface area contributed by atoms with E-state index in [9.17, 15) is 9.59 Å². The molecule has 3 N–H and O–H groups in total. The highest BCUT2D eigenvalue weighted by Crippen LogP contribution is 2.30. The van der Waals surface area contributed by atoms with Crippen molar-refractivity contribution in [1.29, 1.82) is 0 Å². The standard InChI is InChI=1S/C18H26BrN3O3/c1-3-12(2)13-6-7-16(15(19)9-13)25-11-17(23)22-8-4-5-14(10-22)18(24)21-20/h6-7,9,12,14H,3-5,8,10-11,20H2,1-2H3,(H,21,24). The van der Waals surface area contributed by atoms with Crippen molar-refractivity contribution in [2.45, 2.75) is 39.0 Å². The number of halogens is 1. The van der Waals surface area contributed by atoms with Gasteiger partial charge in [-0.3, -0.25) is 15.0 Å². The van der Waals surface area contributed by atoms with E-state index >= 15 is 0 Å². The van der Waals surface area contributed by atoms with Crippen molar-refractivity contribution >= 4 is 27.7 Å². The molecule has 6 nitrogen and oxygen atoms in total. The second kappa shape index (κ2) is 9.20. The van der Waals surface area contributed by atoms with Crippen LogP contribution in [0.3, 0.4) is 0 Å². The molecule has 0 saturated carbocycles. The van der Waals surface area contributed by atoms with Crippen LogP contribution in [0.1, 0.15) is 44.6 Å². The molecule has 0 spiro atoms. The highest BCUT2D eigenvalue weighted by molar-refractivity contribution is 9.10. The average molecular weight is 412 g/mol. The minimum absolute atomic E-state index is 0.0434. The Morgan fingerprint density at radius 3 is 2.88 bits per heavy atom. The summed E-state index contributed by atoms with van der Waals surface area (Å²) >= 11 is 3.51. The molecule has 2 amide bonds. The Hall–Kier alpha value is -1.60. The monoisotopic (exact) mass is 411 g/mol. The molecule has 1 aromatic carbocycles. The lowest BCUT2D eigenvalue weighted by atomic mass is 9.97. The number of ether oxygens (including phenoxy) is 1. The number of hydrogen-bond donors (Lipinski definition) is 2. The van der Waals surface area contributed by atoms with Crippen molar-refractivity contribution in [2.75, 3.05) is 19.7 Å². The van der Waals surface area contributed by atoms with Crippen LogP contribution in [0.5, 0.6) is 5.75 Å². The van der Waals surface area contributed by atoms with Gasteiger partial charge in [0.25, 0.3) is 5.91 Å². The first-order valence-electron chi connectivity index (χ1n) is 8.66. The first-order chi connectivity index (χ1) is 12.0. The lowest BCUT2D eigenvalue weighted by Gasteiger charge is -2.31. The predicted octanol–water partition coefficient (Wildman–Crippen LogP) is 2.57. The van der Waals surface area contributed by atoms with Gasteiger partial charge in [-0.05, 0) is 58.8 Å². The van der Waals surface area contributed by atoms with Gasteiger partial charge >= 0.3 is 0 Å². The van der Waals surface area contributed by atoms with Gasteiger partial charge in [0.05, 0.1) is 10.4 Å². The normalized spacial score (nSPS) is 18.6. The zero-order valence-electron chi connectivity index (χ0n) is 14.8. The van der Waals surface area contributed by atoms with E-state index < -0.39 is 0 Å². The highest BCUT2D eigenvalue weighted by Gasteiger charge is 2.28. The minimum Gasteiger partial charge on any atom is -0.483 e.